The summed E-state index contributed by atoms with van der Waals surface area (Å²) in [6.07, 6.45) is 6.29. The number of nitrogens with one attached hydrogen (secondary N) is 1. The number of rotatable bonds is 7. The second-order valence-electron chi connectivity index (χ2n) is 7.57. The van der Waals surface area contributed by atoms with Crippen molar-refractivity contribution in [2.24, 2.45) is 0 Å². The second kappa shape index (κ2) is 9.11. The molecule has 0 atom stereocenters. The number of ether oxygens (including phenoxy) is 1. The zero-order chi connectivity index (χ0) is 23.7. The van der Waals surface area contributed by atoms with E-state index in [1.54, 1.807) is 23.3 Å². The largest absolute Gasteiger partial charge is 0.394 e. The Morgan fingerprint density at radius 2 is 2.06 bits per heavy atom. The summed E-state index contributed by atoms with van der Waals surface area (Å²) in [4.78, 5) is 22.1. The van der Waals surface area contributed by atoms with E-state index in [9.17, 15) is 9.18 Å². The number of carbonyl (C=O) groups is 1. The van der Waals surface area contributed by atoms with Gasteiger partial charge in [0.1, 0.15) is 12.4 Å². The van der Waals surface area contributed by atoms with Crippen molar-refractivity contribution in [3.63, 3.8) is 0 Å². The number of amides is 1. The number of carbonyl (C=O) groups excluding carboxylic acids is 1. The van der Waals surface area contributed by atoms with Crippen LogP contribution in [0, 0.1) is 11.6 Å². The number of morpholine rings is 1. The highest BCUT2D eigenvalue weighted by molar-refractivity contribution is 5.95. The highest BCUT2D eigenvalue weighted by atomic mass is 19.1. The van der Waals surface area contributed by atoms with Crippen LogP contribution in [0.15, 0.2) is 36.9 Å². The topological polar surface area (TPSA) is 123 Å². The molecule has 0 spiro atoms. The third-order valence-electron chi connectivity index (χ3n) is 5.35. The summed E-state index contributed by atoms with van der Waals surface area (Å²) < 4.78 is 38.0. The summed E-state index contributed by atoms with van der Waals surface area (Å²) in [5.41, 5.74) is 0.740. The second-order valence-corrected chi connectivity index (χ2v) is 7.57. The minimum atomic E-state index is -0.831. The lowest BCUT2D eigenvalue weighted by Crippen LogP contribution is -2.42. The number of benzene rings is 1. The van der Waals surface area contributed by atoms with Gasteiger partial charge in [-0.2, -0.15) is 15.2 Å². The van der Waals surface area contributed by atoms with Crippen molar-refractivity contribution in [1.82, 2.24) is 29.5 Å². The van der Waals surface area contributed by atoms with Crippen LogP contribution >= 0.6 is 0 Å². The molecule has 34 heavy (non-hydrogen) atoms. The summed E-state index contributed by atoms with van der Waals surface area (Å²) >= 11 is 0. The lowest BCUT2D eigenvalue weighted by atomic mass is 10.1. The van der Waals surface area contributed by atoms with E-state index in [1.807, 2.05) is 0 Å². The van der Waals surface area contributed by atoms with E-state index in [2.05, 4.69) is 25.5 Å². The number of halogens is 2. The van der Waals surface area contributed by atoms with Crippen molar-refractivity contribution in [3.8, 4) is 0 Å². The van der Waals surface area contributed by atoms with E-state index >= 15 is 4.39 Å². The zero-order valence-corrected chi connectivity index (χ0v) is 17.9. The molecule has 0 aliphatic carbocycles. The van der Waals surface area contributed by atoms with Gasteiger partial charge in [0.05, 0.1) is 55.5 Å². The van der Waals surface area contributed by atoms with E-state index < -0.39 is 17.5 Å². The monoisotopic (exact) mass is 470 g/mol. The maximum atomic E-state index is 15.3. The third kappa shape index (κ3) is 4.18. The molecular weight excluding hydrogens is 450 g/mol. The third-order valence-corrected chi connectivity index (χ3v) is 5.35. The van der Waals surface area contributed by atoms with Gasteiger partial charge in [-0.1, -0.05) is 0 Å². The Morgan fingerprint density at radius 3 is 2.88 bits per heavy atom. The minimum absolute atomic E-state index is 0.00182. The summed E-state index contributed by atoms with van der Waals surface area (Å²) in [7, 11) is 0. The lowest BCUT2D eigenvalue weighted by molar-refractivity contribution is -0.125. The van der Waals surface area contributed by atoms with Crippen LogP contribution in [0.3, 0.4) is 0 Å². The van der Waals surface area contributed by atoms with Crippen molar-refractivity contribution in [1.29, 1.82) is 0 Å². The van der Waals surface area contributed by atoms with Gasteiger partial charge >= 0.3 is 0 Å². The molecule has 176 valence electrons. The molecule has 0 unspecified atom stereocenters. The number of nitrogens with zero attached hydrogens (tertiary/aromatic N) is 7. The first-order chi connectivity index (χ1) is 16.5. The summed E-state index contributed by atoms with van der Waals surface area (Å²) in [6, 6.07) is 2.38. The molecule has 13 heteroatoms. The molecule has 0 saturated carbocycles. The maximum Gasteiger partial charge on any atom is 0.253 e. The summed E-state index contributed by atoms with van der Waals surface area (Å²) in [6.45, 7) is 0.368. The predicted molar refractivity (Wildman–Crippen MR) is 117 cm³/mol. The van der Waals surface area contributed by atoms with Crippen LogP contribution in [0.25, 0.3) is 11.0 Å². The van der Waals surface area contributed by atoms with Crippen molar-refractivity contribution in [3.05, 3.63) is 54.1 Å². The van der Waals surface area contributed by atoms with Gasteiger partial charge in [-0.05, 0) is 12.1 Å². The number of aromatic nitrogens is 6. The van der Waals surface area contributed by atoms with E-state index in [4.69, 9.17) is 9.84 Å². The summed E-state index contributed by atoms with van der Waals surface area (Å²) in [5.74, 6) is -1.73. The Balaban J connectivity index is 1.44. The first-order valence-corrected chi connectivity index (χ1v) is 10.5. The standard InChI is InChI=1S/C21H20F2N8O3/c22-16-1-2-17(30-4-6-34-12-18(30)33)19(23)15(16)11-31-20-13(8-26-31)7-24-21(28-20)27-14-9-25-29(10-14)3-5-32/h1-2,7-10,32H,3-6,11-12H2,(H,24,27,28). The van der Waals surface area contributed by atoms with Crippen LogP contribution in [0.1, 0.15) is 5.56 Å². The lowest BCUT2D eigenvalue weighted by Gasteiger charge is -2.27. The van der Waals surface area contributed by atoms with Gasteiger partial charge in [-0.25, -0.2) is 18.4 Å². The molecule has 0 radical (unpaired) electrons. The van der Waals surface area contributed by atoms with Gasteiger partial charge in [0.2, 0.25) is 5.95 Å². The smallest absolute Gasteiger partial charge is 0.253 e. The molecule has 4 aromatic rings. The molecule has 11 nitrogen and oxygen atoms in total. The molecule has 4 heterocycles. The molecule has 1 aliphatic heterocycles. The molecule has 3 aromatic heterocycles. The van der Waals surface area contributed by atoms with Crippen molar-refractivity contribution >= 4 is 34.3 Å². The number of anilines is 3. The molecule has 1 amide bonds. The van der Waals surface area contributed by atoms with Crippen LogP contribution in [0.2, 0.25) is 0 Å². The fourth-order valence-electron chi connectivity index (χ4n) is 3.69. The Morgan fingerprint density at radius 1 is 1.18 bits per heavy atom. The first kappa shape index (κ1) is 21.9. The van der Waals surface area contributed by atoms with Crippen LogP contribution in [-0.2, 0) is 22.6 Å². The molecule has 1 saturated heterocycles. The Labute approximate surface area is 191 Å². The van der Waals surface area contributed by atoms with Gasteiger partial charge in [-0.15, -0.1) is 0 Å². The Bertz CT molecular complexity index is 1360. The number of hydrogen-bond acceptors (Lipinski definition) is 8. The molecule has 5 rings (SSSR count). The van der Waals surface area contributed by atoms with E-state index in [-0.39, 0.29) is 50.1 Å². The van der Waals surface area contributed by atoms with Gasteiger partial charge in [-0.3, -0.25) is 9.48 Å². The van der Waals surface area contributed by atoms with Crippen molar-refractivity contribution in [2.45, 2.75) is 13.1 Å². The van der Waals surface area contributed by atoms with E-state index in [0.29, 0.717) is 23.3 Å². The minimum Gasteiger partial charge on any atom is -0.394 e. The average molecular weight is 470 g/mol. The van der Waals surface area contributed by atoms with Crippen LogP contribution in [-0.4, -0.2) is 66.9 Å². The van der Waals surface area contributed by atoms with E-state index in [0.717, 1.165) is 6.07 Å². The van der Waals surface area contributed by atoms with Gasteiger partial charge in [0, 0.05) is 24.5 Å². The normalized spacial score (nSPS) is 14.2. The zero-order valence-electron chi connectivity index (χ0n) is 17.9. The fourth-order valence-corrected chi connectivity index (χ4v) is 3.69. The average Bonchev–Trinajstić information content (AvgIpc) is 3.44. The highest BCUT2D eigenvalue weighted by Crippen LogP contribution is 2.27. The van der Waals surface area contributed by atoms with Crippen LogP contribution in [0.4, 0.5) is 26.1 Å². The van der Waals surface area contributed by atoms with Gasteiger partial charge in [0.15, 0.2) is 11.5 Å². The predicted octanol–water partition coefficient (Wildman–Crippen LogP) is 1.45. The van der Waals surface area contributed by atoms with Crippen molar-refractivity contribution in [2.75, 3.05) is 36.6 Å². The SMILES string of the molecule is O=C1COCCN1c1ccc(F)c(Cn2ncc3cnc(Nc4cnn(CCO)c4)nc32)c1F. The van der Waals surface area contributed by atoms with Gasteiger partial charge in [0.25, 0.3) is 5.91 Å². The van der Waals surface area contributed by atoms with Crippen LogP contribution < -0.4 is 10.2 Å². The molecule has 1 fully saturated rings. The Hall–Kier alpha value is -3.97. The van der Waals surface area contributed by atoms with E-state index in [1.165, 1.54) is 21.8 Å². The first-order valence-electron chi connectivity index (χ1n) is 10.5. The van der Waals surface area contributed by atoms with Gasteiger partial charge < -0.3 is 20.1 Å². The quantitative estimate of drug-likeness (QED) is 0.416. The number of aliphatic hydroxyl groups is 1. The molecule has 1 aliphatic rings. The number of aliphatic hydroxyl groups excluding tert-OH is 1. The van der Waals surface area contributed by atoms with Crippen LogP contribution in [0.5, 0.6) is 0 Å². The maximum absolute atomic E-state index is 15.3. The number of hydrogen-bond donors (Lipinski definition) is 2. The van der Waals surface area contributed by atoms with Crippen molar-refractivity contribution < 1.29 is 23.4 Å². The molecule has 0 bridgehead atoms. The highest BCUT2D eigenvalue weighted by Gasteiger charge is 2.26. The summed E-state index contributed by atoms with van der Waals surface area (Å²) in [5, 5.41) is 20.9. The fraction of sp³-hybridized carbons (Fsp3) is 0.286. The molecular formula is C21H20F2N8O3. The molecule has 1 aromatic carbocycles. The Kier molecular flexibility index (Phi) is 5.86. The number of fused-ring (bicyclic) bond motifs is 1. The molecule has 2 N–H and O–H groups in total.